The largest absolute Gasteiger partial charge is 0.508 e. The van der Waals surface area contributed by atoms with E-state index < -0.39 is 30.7 Å². The number of aliphatic hydroxyl groups is 1. The van der Waals surface area contributed by atoms with Gasteiger partial charge in [0, 0.05) is 19.2 Å². The smallest absolute Gasteiger partial charge is 0.328 e. The molecule has 1 amide bonds. The number of nitrogens with one attached hydrogen (secondary N) is 1. The van der Waals surface area contributed by atoms with E-state index in [9.17, 15) is 14.4 Å². The summed E-state index contributed by atoms with van der Waals surface area (Å²) in [6, 6.07) is 0.734. The number of aromatic nitrogens is 1. The molecular formula is C25H34N2O8. The maximum absolute atomic E-state index is 12.8. The molecule has 0 spiro atoms. The summed E-state index contributed by atoms with van der Waals surface area (Å²) in [4.78, 5) is 40.1. The van der Waals surface area contributed by atoms with Crippen LogP contribution in [-0.2, 0) is 19.1 Å². The van der Waals surface area contributed by atoms with Crippen molar-refractivity contribution in [2.45, 2.75) is 58.1 Å². The van der Waals surface area contributed by atoms with Gasteiger partial charge in [-0.2, -0.15) is 0 Å². The molecule has 10 heteroatoms. The average molecular weight is 491 g/mol. The lowest BCUT2D eigenvalue weighted by Gasteiger charge is -2.19. The van der Waals surface area contributed by atoms with Crippen LogP contribution in [0.1, 0.15) is 56.4 Å². The monoisotopic (exact) mass is 490 g/mol. The van der Waals surface area contributed by atoms with Gasteiger partial charge >= 0.3 is 11.9 Å². The van der Waals surface area contributed by atoms with E-state index in [-0.39, 0.29) is 29.1 Å². The summed E-state index contributed by atoms with van der Waals surface area (Å²) in [5, 5.41) is 11.2. The van der Waals surface area contributed by atoms with E-state index in [2.05, 4.69) is 23.5 Å². The van der Waals surface area contributed by atoms with Gasteiger partial charge in [0.05, 0.1) is 13.2 Å². The lowest BCUT2D eigenvalue weighted by Crippen LogP contribution is -2.43. The first kappa shape index (κ1) is 29.2. The topological polar surface area (TPSA) is 133 Å². The second-order valence-corrected chi connectivity index (χ2v) is 7.53. The van der Waals surface area contributed by atoms with Gasteiger partial charge in [0.2, 0.25) is 6.79 Å². The highest BCUT2D eigenvalue weighted by atomic mass is 16.7. The van der Waals surface area contributed by atoms with E-state index in [0.717, 1.165) is 25.7 Å². The Labute approximate surface area is 205 Å². The molecule has 2 heterocycles. The molecule has 2 N–H and O–H groups in total. The predicted molar refractivity (Wildman–Crippen MR) is 129 cm³/mol. The molecule has 0 saturated carbocycles. The third-order valence-electron chi connectivity index (χ3n) is 4.78. The van der Waals surface area contributed by atoms with Crippen molar-refractivity contribution in [1.29, 1.82) is 0 Å². The molecule has 192 valence electrons. The van der Waals surface area contributed by atoms with Gasteiger partial charge in [0.15, 0.2) is 17.2 Å². The van der Waals surface area contributed by atoms with Crippen LogP contribution in [0.4, 0.5) is 0 Å². The summed E-state index contributed by atoms with van der Waals surface area (Å²) >= 11 is 0. The first-order valence-electron chi connectivity index (χ1n) is 11.2. The molecule has 1 aliphatic rings. The van der Waals surface area contributed by atoms with Crippen LogP contribution in [0.5, 0.6) is 11.5 Å². The van der Waals surface area contributed by atoms with Crippen LogP contribution in [0.25, 0.3) is 0 Å². The van der Waals surface area contributed by atoms with Crippen LogP contribution in [-0.4, -0.2) is 54.0 Å². The van der Waals surface area contributed by atoms with E-state index >= 15 is 0 Å². The van der Waals surface area contributed by atoms with E-state index in [0.29, 0.717) is 6.42 Å². The summed E-state index contributed by atoms with van der Waals surface area (Å²) in [5.41, 5.74) is -0.0766. The van der Waals surface area contributed by atoms with Crippen molar-refractivity contribution >= 4 is 17.8 Å². The highest BCUT2D eigenvalue weighted by Crippen LogP contribution is 2.29. The molecule has 2 rings (SSSR count). The Balaban J connectivity index is 0.000000762. The minimum atomic E-state index is -0.776. The zero-order chi connectivity index (χ0) is 26.2. The quantitative estimate of drug-likeness (QED) is 0.242. The fraction of sp³-hybridized carbons (Fsp3) is 0.440. The fourth-order valence-electron chi connectivity index (χ4n) is 3.02. The van der Waals surface area contributed by atoms with Gasteiger partial charge in [0.25, 0.3) is 5.91 Å². The summed E-state index contributed by atoms with van der Waals surface area (Å²) in [6.45, 7) is 9.35. The Morgan fingerprint density at radius 1 is 1.29 bits per heavy atom. The van der Waals surface area contributed by atoms with Gasteiger partial charge in [-0.15, -0.1) is 0 Å². The average Bonchev–Trinajstić information content (AvgIpc) is 2.90. The molecule has 1 saturated heterocycles. The molecule has 35 heavy (non-hydrogen) atoms. The maximum Gasteiger partial charge on any atom is 0.328 e. The zero-order valence-electron chi connectivity index (χ0n) is 20.5. The molecule has 2 atom stereocenters. The van der Waals surface area contributed by atoms with E-state index in [1.807, 2.05) is 6.92 Å². The second kappa shape index (κ2) is 15.9. The van der Waals surface area contributed by atoms with Gasteiger partial charge in [-0.1, -0.05) is 32.1 Å². The summed E-state index contributed by atoms with van der Waals surface area (Å²) in [5.74, 6) is -1.18. The van der Waals surface area contributed by atoms with Crippen LogP contribution < -0.4 is 14.8 Å². The number of cyclic esters (lactones) is 1. The van der Waals surface area contributed by atoms with Crippen molar-refractivity contribution in [1.82, 2.24) is 10.3 Å². The summed E-state index contributed by atoms with van der Waals surface area (Å²) in [7, 11) is 1.41. The molecule has 1 aromatic rings. The minimum absolute atomic E-state index is 0.0218. The maximum atomic E-state index is 12.8. The van der Waals surface area contributed by atoms with Gasteiger partial charge in [0.1, 0.15) is 11.8 Å². The molecule has 10 nitrogen and oxygen atoms in total. The molecule has 0 aromatic carbocycles. The number of methoxy groups -OCH3 is 1. The number of amides is 1. The van der Waals surface area contributed by atoms with Gasteiger partial charge < -0.3 is 29.4 Å². The van der Waals surface area contributed by atoms with Crippen molar-refractivity contribution in [3.8, 4) is 11.5 Å². The SMILES string of the molecule is C=C/C=C(/O)C=C.COc1ccnc(C(=O)N[C@H]2CCCCCC(C)OC2=O)c1OCOC(C)=O. The number of pyridine rings is 1. The number of rotatable bonds is 8. The van der Waals surface area contributed by atoms with Crippen molar-refractivity contribution in [2.75, 3.05) is 13.9 Å². The highest BCUT2D eigenvalue weighted by molar-refractivity contribution is 5.98. The number of carbonyl (C=O) groups is 3. The zero-order valence-corrected chi connectivity index (χ0v) is 20.5. The molecule has 1 aromatic heterocycles. The van der Waals surface area contributed by atoms with Crippen LogP contribution in [0.3, 0.4) is 0 Å². The third kappa shape index (κ3) is 10.8. The van der Waals surface area contributed by atoms with Crippen molar-refractivity contribution < 1.29 is 38.4 Å². The molecule has 0 aliphatic carbocycles. The summed E-state index contributed by atoms with van der Waals surface area (Å²) in [6.07, 6.45) is 9.52. The lowest BCUT2D eigenvalue weighted by atomic mass is 10.1. The number of aliphatic hydroxyl groups excluding tert-OH is 1. The Hall–Kier alpha value is -3.82. The molecule has 1 aliphatic heterocycles. The van der Waals surface area contributed by atoms with Gasteiger partial charge in [-0.3, -0.25) is 9.59 Å². The molecule has 0 radical (unpaired) electrons. The first-order chi connectivity index (χ1) is 16.7. The molecule has 1 fully saturated rings. The number of hydrogen-bond donors (Lipinski definition) is 2. The predicted octanol–water partition coefficient (Wildman–Crippen LogP) is 3.78. The van der Waals surface area contributed by atoms with Crippen LogP contribution in [0, 0.1) is 0 Å². The fourth-order valence-corrected chi connectivity index (χ4v) is 3.02. The van der Waals surface area contributed by atoms with Crippen LogP contribution >= 0.6 is 0 Å². The number of carbonyl (C=O) groups excluding carboxylic acids is 3. The number of allylic oxidation sites excluding steroid dienone is 3. The normalized spacial score (nSPS) is 18.1. The second-order valence-electron chi connectivity index (χ2n) is 7.53. The first-order valence-corrected chi connectivity index (χ1v) is 11.2. The molecule has 1 unspecified atom stereocenters. The van der Waals surface area contributed by atoms with Crippen molar-refractivity contribution in [3.63, 3.8) is 0 Å². The van der Waals surface area contributed by atoms with Crippen LogP contribution in [0.2, 0.25) is 0 Å². The molecular weight excluding hydrogens is 456 g/mol. The number of hydrogen-bond acceptors (Lipinski definition) is 9. The Morgan fingerprint density at radius 3 is 2.60 bits per heavy atom. The minimum Gasteiger partial charge on any atom is -0.508 e. The number of ether oxygens (including phenoxy) is 4. The summed E-state index contributed by atoms with van der Waals surface area (Å²) < 4.78 is 20.7. The van der Waals surface area contributed by atoms with E-state index in [4.69, 9.17) is 24.1 Å². The molecule has 0 bridgehead atoms. The van der Waals surface area contributed by atoms with Crippen LogP contribution in [0.15, 0.2) is 49.4 Å². The number of nitrogens with zero attached hydrogens (tertiary/aromatic N) is 1. The Kier molecular flexibility index (Phi) is 13.3. The Morgan fingerprint density at radius 2 is 2.00 bits per heavy atom. The van der Waals surface area contributed by atoms with Gasteiger partial charge in [-0.25, -0.2) is 9.78 Å². The third-order valence-corrected chi connectivity index (χ3v) is 4.78. The standard InChI is InChI=1S/C19H26N2O7.C6H8O/c1-12-7-5-4-6-8-14(19(24)28-12)21-18(23)16-17(27-11-26-13(2)22)15(25-3)9-10-20-16;1-3-5-6(7)4-2/h9-10,12,14H,4-8,11H2,1-3H3,(H,21,23);3-5,7H,1-2H2/b;6-5+/t12?,14-;/m0./s1. The lowest BCUT2D eigenvalue weighted by molar-refractivity contribution is -0.151. The van der Waals surface area contributed by atoms with Crippen molar-refractivity contribution in [3.05, 3.63) is 55.1 Å². The highest BCUT2D eigenvalue weighted by Gasteiger charge is 2.28. The van der Waals surface area contributed by atoms with Crippen molar-refractivity contribution in [2.24, 2.45) is 0 Å². The van der Waals surface area contributed by atoms with Gasteiger partial charge in [-0.05, 0) is 38.3 Å². The van der Waals surface area contributed by atoms with E-state index in [1.54, 1.807) is 0 Å². The number of esters is 2. The Bertz CT molecular complexity index is 913. The van der Waals surface area contributed by atoms with E-state index in [1.165, 1.54) is 44.5 Å².